The van der Waals surface area contributed by atoms with Gasteiger partial charge in [-0.1, -0.05) is 12.1 Å². The van der Waals surface area contributed by atoms with Crippen molar-refractivity contribution in [2.24, 2.45) is 0 Å². The molecule has 2 rings (SSSR count). The Labute approximate surface area is 124 Å². The molecule has 2 aromatic carbocycles. The van der Waals surface area contributed by atoms with E-state index in [1.54, 1.807) is 25.1 Å². The highest BCUT2D eigenvalue weighted by molar-refractivity contribution is 8.00. The molecule has 6 heteroatoms. The molecule has 0 saturated carbocycles. The van der Waals surface area contributed by atoms with Crippen LogP contribution in [0.5, 0.6) is 0 Å². The highest BCUT2D eigenvalue weighted by Gasteiger charge is 2.17. The Kier molecular flexibility index (Phi) is 4.90. The van der Waals surface area contributed by atoms with Crippen LogP contribution >= 0.6 is 11.8 Å². The third kappa shape index (κ3) is 4.01. The van der Waals surface area contributed by atoms with Crippen LogP contribution in [0.15, 0.2) is 47.4 Å². The maximum Gasteiger partial charge on any atom is 0.237 e. The summed E-state index contributed by atoms with van der Waals surface area (Å²) in [6.07, 6.45) is 0. The van der Waals surface area contributed by atoms with Gasteiger partial charge in [-0.15, -0.1) is 11.8 Å². The van der Waals surface area contributed by atoms with Gasteiger partial charge in [-0.2, -0.15) is 0 Å². The standard InChI is InChI=1S/C15H12F3NOS/c1-9(21-14-5-3-2-4-12(14)17)15(20)19-10-6-7-11(16)13(18)8-10/h2-9H,1H3,(H,19,20). The van der Waals surface area contributed by atoms with Gasteiger partial charge in [0.1, 0.15) is 5.82 Å². The molecule has 1 amide bonds. The summed E-state index contributed by atoms with van der Waals surface area (Å²) >= 11 is 1.05. The van der Waals surface area contributed by atoms with Crippen LogP contribution in [0.25, 0.3) is 0 Å². The largest absolute Gasteiger partial charge is 0.325 e. The number of halogens is 3. The second-order valence-corrected chi connectivity index (χ2v) is 5.69. The Bertz CT molecular complexity index is 663. The molecule has 0 spiro atoms. The normalized spacial score (nSPS) is 12.0. The quantitative estimate of drug-likeness (QED) is 0.856. The van der Waals surface area contributed by atoms with Crippen molar-refractivity contribution >= 4 is 23.4 Å². The molecule has 0 aliphatic carbocycles. The summed E-state index contributed by atoms with van der Waals surface area (Å²) in [5, 5.41) is 1.87. The molecule has 2 aromatic rings. The van der Waals surface area contributed by atoms with Crippen LogP contribution in [0.1, 0.15) is 6.92 Å². The molecule has 0 aromatic heterocycles. The first-order valence-electron chi connectivity index (χ1n) is 6.14. The van der Waals surface area contributed by atoms with Crippen LogP contribution < -0.4 is 5.32 Å². The summed E-state index contributed by atoms with van der Waals surface area (Å²) in [7, 11) is 0. The molecule has 1 atom stereocenters. The van der Waals surface area contributed by atoms with E-state index in [0.29, 0.717) is 4.90 Å². The third-order valence-corrected chi connectivity index (χ3v) is 3.85. The zero-order chi connectivity index (χ0) is 15.4. The number of benzene rings is 2. The zero-order valence-electron chi connectivity index (χ0n) is 11.1. The average molecular weight is 311 g/mol. The molecule has 0 aliphatic heterocycles. The van der Waals surface area contributed by atoms with E-state index in [0.717, 1.165) is 23.9 Å². The molecule has 0 bridgehead atoms. The molecule has 2 nitrogen and oxygen atoms in total. The molecule has 0 saturated heterocycles. The molecular weight excluding hydrogens is 299 g/mol. The first kappa shape index (κ1) is 15.4. The van der Waals surface area contributed by atoms with Gasteiger partial charge in [0.25, 0.3) is 0 Å². The number of amides is 1. The zero-order valence-corrected chi connectivity index (χ0v) is 11.9. The van der Waals surface area contributed by atoms with Crippen molar-refractivity contribution in [1.29, 1.82) is 0 Å². The van der Waals surface area contributed by atoms with Crippen molar-refractivity contribution in [3.8, 4) is 0 Å². The Balaban J connectivity index is 2.02. The lowest BCUT2D eigenvalue weighted by Crippen LogP contribution is -2.22. The molecule has 1 N–H and O–H groups in total. The second-order valence-electron chi connectivity index (χ2n) is 4.31. The van der Waals surface area contributed by atoms with Gasteiger partial charge in [0.05, 0.1) is 5.25 Å². The second kappa shape index (κ2) is 6.67. The van der Waals surface area contributed by atoms with Crippen molar-refractivity contribution in [2.45, 2.75) is 17.1 Å². The predicted molar refractivity (Wildman–Crippen MR) is 76.7 cm³/mol. The fourth-order valence-corrected chi connectivity index (χ4v) is 2.49. The van der Waals surface area contributed by atoms with Crippen molar-refractivity contribution in [3.05, 3.63) is 59.9 Å². The monoisotopic (exact) mass is 311 g/mol. The van der Waals surface area contributed by atoms with Crippen molar-refractivity contribution in [1.82, 2.24) is 0 Å². The maximum absolute atomic E-state index is 13.5. The smallest absolute Gasteiger partial charge is 0.237 e. The summed E-state index contributed by atoms with van der Waals surface area (Å²) in [5.74, 6) is -2.85. The Morgan fingerprint density at radius 3 is 2.43 bits per heavy atom. The molecule has 0 aliphatic rings. The van der Waals surface area contributed by atoms with Crippen LogP contribution in [0.2, 0.25) is 0 Å². The SMILES string of the molecule is CC(Sc1ccccc1F)C(=O)Nc1ccc(F)c(F)c1. The highest BCUT2D eigenvalue weighted by atomic mass is 32.2. The van der Waals surface area contributed by atoms with Gasteiger partial charge in [-0.05, 0) is 31.2 Å². The molecule has 0 radical (unpaired) electrons. The number of hydrogen-bond donors (Lipinski definition) is 1. The van der Waals surface area contributed by atoms with Gasteiger partial charge in [0.2, 0.25) is 5.91 Å². The molecule has 1 unspecified atom stereocenters. The van der Waals surface area contributed by atoms with E-state index in [4.69, 9.17) is 0 Å². The van der Waals surface area contributed by atoms with E-state index < -0.39 is 28.6 Å². The number of anilines is 1. The van der Waals surface area contributed by atoms with Gasteiger partial charge < -0.3 is 5.32 Å². The molecular formula is C15H12F3NOS. The topological polar surface area (TPSA) is 29.1 Å². The first-order valence-corrected chi connectivity index (χ1v) is 7.02. The van der Waals surface area contributed by atoms with E-state index in [1.165, 1.54) is 12.1 Å². The maximum atomic E-state index is 13.5. The van der Waals surface area contributed by atoms with Crippen LogP contribution in [-0.2, 0) is 4.79 Å². The minimum Gasteiger partial charge on any atom is -0.325 e. The summed E-state index contributed by atoms with van der Waals surface area (Å²) < 4.78 is 39.3. The van der Waals surface area contributed by atoms with Gasteiger partial charge in [0, 0.05) is 16.6 Å². The predicted octanol–water partition coefficient (Wildman–Crippen LogP) is 4.22. The van der Waals surface area contributed by atoms with E-state index in [9.17, 15) is 18.0 Å². The summed E-state index contributed by atoms with van der Waals surface area (Å²) in [5.41, 5.74) is 0.153. The Morgan fingerprint density at radius 2 is 1.76 bits per heavy atom. The minimum atomic E-state index is -1.04. The van der Waals surface area contributed by atoms with Crippen LogP contribution in [0.3, 0.4) is 0 Å². The number of thioether (sulfide) groups is 1. The number of rotatable bonds is 4. The van der Waals surface area contributed by atoms with E-state index in [-0.39, 0.29) is 5.69 Å². The van der Waals surface area contributed by atoms with Crippen molar-refractivity contribution in [3.63, 3.8) is 0 Å². The Hall–Kier alpha value is -1.95. The number of nitrogens with one attached hydrogen (secondary N) is 1. The minimum absolute atomic E-state index is 0.153. The lowest BCUT2D eigenvalue weighted by molar-refractivity contribution is -0.115. The molecule has 110 valence electrons. The van der Waals surface area contributed by atoms with E-state index >= 15 is 0 Å². The third-order valence-electron chi connectivity index (χ3n) is 2.70. The number of hydrogen-bond acceptors (Lipinski definition) is 2. The molecule has 0 heterocycles. The molecule has 21 heavy (non-hydrogen) atoms. The van der Waals surface area contributed by atoms with E-state index in [1.807, 2.05) is 0 Å². The summed E-state index contributed by atoms with van der Waals surface area (Å²) in [6, 6.07) is 9.20. The van der Waals surface area contributed by atoms with Crippen molar-refractivity contribution in [2.75, 3.05) is 5.32 Å². The van der Waals surface area contributed by atoms with Crippen LogP contribution in [0.4, 0.5) is 18.9 Å². The van der Waals surface area contributed by atoms with E-state index in [2.05, 4.69) is 5.32 Å². The number of carbonyl (C=O) groups is 1. The summed E-state index contributed by atoms with van der Waals surface area (Å²) in [6.45, 7) is 1.60. The summed E-state index contributed by atoms with van der Waals surface area (Å²) in [4.78, 5) is 12.3. The van der Waals surface area contributed by atoms with Gasteiger partial charge >= 0.3 is 0 Å². The average Bonchev–Trinajstić information content (AvgIpc) is 2.45. The lowest BCUT2D eigenvalue weighted by atomic mass is 10.3. The Morgan fingerprint density at radius 1 is 1.05 bits per heavy atom. The fourth-order valence-electron chi connectivity index (χ4n) is 1.60. The first-order chi connectivity index (χ1) is 9.97. The van der Waals surface area contributed by atoms with Gasteiger partial charge in [-0.3, -0.25) is 4.79 Å². The lowest BCUT2D eigenvalue weighted by Gasteiger charge is -2.12. The fraction of sp³-hybridized carbons (Fsp3) is 0.133. The highest BCUT2D eigenvalue weighted by Crippen LogP contribution is 2.26. The van der Waals surface area contributed by atoms with Gasteiger partial charge in [0.15, 0.2) is 11.6 Å². The van der Waals surface area contributed by atoms with Crippen molar-refractivity contribution < 1.29 is 18.0 Å². The number of carbonyl (C=O) groups excluding carboxylic acids is 1. The van der Waals surface area contributed by atoms with Crippen LogP contribution in [0, 0.1) is 17.5 Å². The molecule has 0 fully saturated rings. The van der Waals surface area contributed by atoms with Gasteiger partial charge in [-0.25, -0.2) is 13.2 Å². The van der Waals surface area contributed by atoms with Crippen LogP contribution in [-0.4, -0.2) is 11.2 Å².